The fourth-order valence-corrected chi connectivity index (χ4v) is 9.88. The Morgan fingerprint density at radius 2 is 0.603 bits per heavy atom. The van der Waals surface area contributed by atoms with Gasteiger partial charge in [-0.15, -0.1) is 0 Å². The molecule has 0 nitrogen and oxygen atoms in total. The molecule has 0 bridgehead atoms. The maximum atomic E-state index is 2.45. The molecule has 0 radical (unpaired) electrons. The summed E-state index contributed by atoms with van der Waals surface area (Å²) in [6.45, 7) is 0. The standard InChI is InChI=1S/C58H36/c1-2-17-39-35-40(32-31-37(39)15-1)43-28-14-30-50(44-29-13-18-38-16-3-4-19-42(38)44)57(43)58-53-26-11-9-24-51(53)56(52-25-10-12-27-54(52)58)41-33-34-49-47-22-6-5-20-45(47)46-21-7-8-23-48(46)55(49)36-41/h1-36H. The average molecular weight is 733 g/mol. The molecule has 0 heterocycles. The zero-order valence-corrected chi connectivity index (χ0v) is 31.8. The number of fused-ring (bicyclic) bond motifs is 10. The van der Waals surface area contributed by atoms with E-state index < -0.39 is 0 Å². The first-order valence-corrected chi connectivity index (χ1v) is 20.2. The lowest BCUT2D eigenvalue weighted by atomic mass is 9.80. The zero-order valence-electron chi connectivity index (χ0n) is 31.8. The Morgan fingerprint density at radius 1 is 0.172 bits per heavy atom. The summed E-state index contributed by atoms with van der Waals surface area (Å²) < 4.78 is 0. The molecule has 0 saturated heterocycles. The molecule has 0 atom stereocenters. The molecular weight excluding hydrogens is 697 g/mol. The van der Waals surface area contributed by atoms with Gasteiger partial charge in [0, 0.05) is 0 Å². The van der Waals surface area contributed by atoms with E-state index in [1.165, 1.54) is 120 Å². The van der Waals surface area contributed by atoms with Gasteiger partial charge in [-0.25, -0.2) is 0 Å². The second kappa shape index (κ2) is 13.0. The summed E-state index contributed by atoms with van der Waals surface area (Å²) in [4.78, 5) is 0. The number of hydrogen-bond acceptors (Lipinski definition) is 0. The van der Waals surface area contributed by atoms with Gasteiger partial charge in [0.2, 0.25) is 0 Å². The van der Waals surface area contributed by atoms with Crippen LogP contribution >= 0.6 is 0 Å². The molecule has 12 aromatic rings. The van der Waals surface area contributed by atoms with Gasteiger partial charge in [0.15, 0.2) is 0 Å². The van der Waals surface area contributed by atoms with E-state index in [1.54, 1.807) is 0 Å². The summed E-state index contributed by atoms with van der Waals surface area (Å²) >= 11 is 0. The lowest BCUT2D eigenvalue weighted by Gasteiger charge is -2.23. The molecule has 0 spiro atoms. The molecule has 12 rings (SSSR count). The van der Waals surface area contributed by atoms with Gasteiger partial charge >= 0.3 is 0 Å². The van der Waals surface area contributed by atoms with Crippen LogP contribution in [-0.4, -0.2) is 0 Å². The summed E-state index contributed by atoms with van der Waals surface area (Å²) in [6.07, 6.45) is 0. The average Bonchev–Trinajstić information content (AvgIpc) is 3.30. The largest absolute Gasteiger partial charge is 0.0616 e. The second-order valence-electron chi connectivity index (χ2n) is 15.5. The number of hydrogen-bond donors (Lipinski definition) is 0. The van der Waals surface area contributed by atoms with Crippen molar-refractivity contribution >= 4 is 75.4 Å². The van der Waals surface area contributed by atoms with Crippen molar-refractivity contribution in [2.24, 2.45) is 0 Å². The van der Waals surface area contributed by atoms with Crippen LogP contribution < -0.4 is 0 Å². The van der Waals surface area contributed by atoms with Crippen LogP contribution in [-0.2, 0) is 0 Å². The molecule has 12 aromatic carbocycles. The second-order valence-corrected chi connectivity index (χ2v) is 15.5. The summed E-state index contributed by atoms with van der Waals surface area (Å²) in [7, 11) is 0. The molecular formula is C58H36. The quantitative estimate of drug-likeness (QED) is 0.125. The van der Waals surface area contributed by atoms with Crippen LogP contribution in [0.5, 0.6) is 0 Å². The van der Waals surface area contributed by atoms with Gasteiger partial charge in [0.25, 0.3) is 0 Å². The van der Waals surface area contributed by atoms with Crippen molar-refractivity contribution in [3.8, 4) is 44.5 Å². The Bertz CT molecular complexity index is 3530. The van der Waals surface area contributed by atoms with Crippen molar-refractivity contribution in [3.05, 3.63) is 218 Å². The summed E-state index contributed by atoms with van der Waals surface area (Å²) in [6, 6.07) is 81.1. The predicted molar refractivity (Wildman–Crippen MR) is 251 cm³/mol. The molecule has 0 aliphatic carbocycles. The van der Waals surface area contributed by atoms with E-state index in [4.69, 9.17) is 0 Å². The Hall–Kier alpha value is -7.54. The fourth-order valence-electron chi connectivity index (χ4n) is 9.88. The number of benzene rings is 12. The highest BCUT2D eigenvalue weighted by atomic mass is 14.3. The molecule has 0 aliphatic heterocycles. The molecule has 0 amide bonds. The van der Waals surface area contributed by atoms with Crippen LogP contribution in [0, 0.1) is 0 Å². The fraction of sp³-hybridized carbons (Fsp3) is 0. The Kier molecular flexibility index (Phi) is 7.33. The molecule has 268 valence electrons. The summed E-state index contributed by atoms with van der Waals surface area (Å²) in [5.74, 6) is 0. The van der Waals surface area contributed by atoms with Crippen LogP contribution in [0.3, 0.4) is 0 Å². The first-order valence-electron chi connectivity index (χ1n) is 20.2. The lowest BCUT2D eigenvalue weighted by Crippen LogP contribution is -1.96. The first-order chi connectivity index (χ1) is 28.8. The van der Waals surface area contributed by atoms with Gasteiger partial charge in [-0.3, -0.25) is 0 Å². The van der Waals surface area contributed by atoms with Crippen LogP contribution in [0.2, 0.25) is 0 Å². The van der Waals surface area contributed by atoms with Crippen LogP contribution in [0.25, 0.3) is 120 Å². The minimum atomic E-state index is 1.21. The van der Waals surface area contributed by atoms with Crippen molar-refractivity contribution in [2.45, 2.75) is 0 Å². The normalized spacial score (nSPS) is 11.8. The third kappa shape index (κ3) is 4.95. The highest BCUT2D eigenvalue weighted by molar-refractivity contribution is 6.28. The molecule has 0 unspecified atom stereocenters. The van der Waals surface area contributed by atoms with Crippen LogP contribution in [0.15, 0.2) is 218 Å². The van der Waals surface area contributed by atoms with Crippen molar-refractivity contribution < 1.29 is 0 Å². The molecule has 0 aliphatic rings. The van der Waals surface area contributed by atoms with E-state index in [0.29, 0.717) is 0 Å². The Balaban J connectivity index is 1.21. The van der Waals surface area contributed by atoms with Gasteiger partial charge in [-0.2, -0.15) is 0 Å². The van der Waals surface area contributed by atoms with E-state index in [9.17, 15) is 0 Å². The predicted octanol–water partition coefficient (Wildman–Crippen LogP) is 16.4. The van der Waals surface area contributed by atoms with Gasteiger partial charge in [0.05, 0.1) is 0 Å². The highest BCUT2D eigenvalue weighted by Gasteiger charge is 2.23. The summed E-state index contributed by atoms with van der Waals surface area (Å²) in [5.41, 5.74) is 9.91. The van der Waals surface area contributed by atoms with Crippen LogP contribution in [0.4, 0.5) is 0 Å². The third-order valence-electron chi connectivity index (χ3n) is 12.4. The van der Waals surface area contributed by atoms with Crippen molar-refractivity contribution in [1.29, 1.82) is 0 Å². The van der Waals surface area contributed by atoms with Crippen molar-refractivity contribution in [3.63, 3.8) is 0 Å². The van der Waals surface area contributed by atoms with Gasteiger partial charge in [0.1, 0.15) is 0 Å². The number of rotatable bonds is 4. The molecule has 58 heavy (non-hydrogen) atoms. The van der Waals surface area contributed by atoms with E-state index in [1.807, 2.05) is 0 Å². The molecule has 0 aromatic heterocycles. The molecule has 0 heteroatoms. The van der Waals surface area contributed by atoms with E-state index in [-0.39, 0.29) is 0 Å². The van der Waals surface area contributed by atoms with Crippen LogP contribution in [0.1, 0.15) is 0 Å². The lowest BCUT2D eigenvalue weighted by molar-refractivity contribution is 1.60. The minimum Gasteiger partial charge on any atom is -0.0616 e. The minimum absolute atomic E-state index is 1.21. The topological polar surface area (TPSA) is 0 Å². The zero-order chi connectivity index (χ0) is 38.2. The highest BCUT2D eigenvalue weighted by Crippen LogP contribution is 2.50. The van der Waals surface area contributed by atoms with Gasteiger partial charge in [-0.05, 0) is 132 Å². The van der Waals surface area contributed by atoms with Crippen molar-refractivity contribution in [1.82, 2.24) is 0 Å². The van der Waals surface area contributed by atoms with Crippen molar-refractivity contribution in [2.75, 3.05) is 0 Å². The Labute approximate surface area is 336 Å². The van der Waals surface area contributed by atoms with Gasteiger partial charge in [-0.1, -0.05) is 206 Å². The molecule has 0 fully saturated rings. The first kappa shape index (κ1) is 32.7. The van der Waals surface area contributed by atoms with E-state index >= 15 is 0 Å². The SMILES string of the molecule is c1cc(-c2ccc3ccccc3c2)c(-c2c3ccccc3c(-c3ccc4c5ccccc5c5ccccc5c4c3)c3ccccc23)c(-c2cccc3ccccc23)c1. The monoisotopic (exact) mass is 732 g/mol. The van der Waals surface area contributed by atoms with E-state index in [0.717, 1.165) is 0 Å². The smallest absolute Gasteiger partial charge is 0.00139 e. The molecule has 0 N–H and O–H groups in total. The maximum Gasteiger partial charge on any atom is -0.00139 e. The third-order valence-corrected chi connectivity index (χ3v) is 12.4. The summed E-state index contributed by atoms with van der Waals surface area (Å²) in [5, 5.41) is 17.7. The Morgan fingerprint density at radius 3 is 1.26 bits per heavy atom. The van der Waals surface area contributed by atoms with E-state index in [2.05, 4.69) is 218 Å². The molecule has 0 saturated carbocycles. The van der Waals surface area contributed by atoms with Gasteiger partial charge < -0.3 is 0 Å². The maximum absolute atomic E-state index is 2.45.